The monoisotopic (exact) mass is 389 g/mol. The molecule has 1 atom stereocenters. The van der Waals surface area contributed by atoms with Crippen molar-refractivity contribution in [3.63, 3.8) is 0 Å². The maximum absolute atomic E-state index is 12.5. The summed E-state index contributed by atoms with van der Waals surface area (Å²) in [6.45, 7) is 13.0. The summed E-state index contributed by atoms with van der Waals surface area (Å²) in [4.78, 5) is 15.9. The Balaban J connectivity index is 1.68. The fourth-order valence-corrected chi connectivity index (χ4v) is 3.83. The summed E-state index contributed by atoms with van der Waals surface area (Å²) >= 11 is 0. The second kappa shape index (κ2) is 9.32. The largest absolute Gasteiger partial charge is 0.459 e. The first-order valence-corrected chi connectivity index (χ1v) is 10.4. The van der Waals surface area contributed by atoms with Gasteiger partial charge in [0.1, 0.15) is 6.04 Å². The van der Waals surface area contributed by atoms with E-state index in [1.807, 2.05) is 9.58 Å². The predicted molar refractivity (Wildman–Crippen MR) is 105 cm³/mol. The van der Waals surface area contributed by atoms with Crippen LogP contribution in [0.4, 0.5) is 0 Å². The first-order chi connectivity index (χ1) is 13.5. The highest BCUT2D eigenvalue weighted by molar-refractivity contribution is 5.91. The molecular formula is C20H33N6O2+. The molecule has 28 heavy (non-hydrogen) atoms. The number of aryl methyl sites for hydroxylation is 1. The van der Waals surface area contributed by atoms with Gasteiger partial charge in [-0.3, -0.25) is 4.79 Å². The van der Waals surface area contributed by atoms with Crippen LogP contribution in [0.25, 0.3) is 0 Å². The highest BCUT2D eigenvalue weighted by Crippen LogP contribution is 2.18. The molecule has 154 valence electrons. The van der Waals surface area contributed by atoms with Crippen LogP contribution >= 0.6 is 0 Å². The van der Waals surface area contributed by atoms with Gasteiger partial charge in [-0.25, -0.2) is 4.68 Å². The molecule has 2 aromatic heterocycles. The van der Waals surface area contributed by atoms with Gasteiger partial charge in [-0.1, -0.05) is 27.7 Å². The number of quaternary nitrogens is 1. The van der Waals surface area contributed by atoms with Crippen LogP contribution < -0.4 is 4.90 Å². The fraction of sp³-hybridized carbons (Fsp3) is 0.700. The number of piperazine rings is 1. The molecule has 1 aliphatic rings. The van der Waals surface area contributed by atoms with Gasteiger partial charge < -0.3 is 14.2 Å². The summed E-state index contributed by atoms with van der Waals surface area (Å²) in [5.74, 6) is 2.54. The lowest BCUT2D eigenvalue weighted by Crippen LogP contribution is -3.15. The fourth-order valence-electron chi connectivity index (χ4n) is 3.83. The van der Waals surface area contributed by atoms with E-state index in [0.717, 1.165) is 51.4 Å². The van der Waals surface area contributed by atoms with Crippen molar-refractivity contribution in [1.29, 1.82) is 0 Å². The van der Waals surface area contributed by atoms with Crippen molar-refractivity contribution >= 4 is 5.91 Å². The summed E-state index contributed by atoms with van der Waals surface area (Å²) in [5, 5.41) is 12.6. The minimum Gasteiger partial charge on any atom is -0.459 e. The number of amides is 1. The Labute approximate surface area is 166 Å². The Hall–Kier alpha value is -2.22. The number of aromatic nitrogens is 4. The van der Waals surface area contributed by atoms with E-state index < -0.39 is 0 Å². The molecule has 1 amide bonds. The number of tetrazole rings is 1. The Kier molecular flexibility index (Phi) is 6.83. The lowest BCUT2D eigenvalue weighted by Gasteiger charge is -2.36. The molecule has 0 aromatic carbocycles. The van der Waals surface area contributed by atoms with E-state index in [-0.39, 0.29) is 11.9 Å². The second-order valence-electron chi connectivity index (χ2n) is 8.55. The van der Waals surface area contributed by atoms with Crippen LogP contribution in [-0.2, 0) is 6.54 Å². The van der Waals surface area contributed by atoms with Gasteiger partial charge in [-0.15, -0.1) is 5.10 Å². The van der Waals surface area contributed by atoms with Gasteiger partial charge >= 0.3 is 0 Å². The van der Waals surface area contributed by atoms with Gasteiger partial charge in [0, 0.05) is 13.0 Å². The third-order valence-electron chi connectivity index (χ3n) is 5.41. The normalized spacial score (nSPS) is 16.9. The minimum atomic E-state index is -0.0220. The van der Waals surface area contributed by atoms with Crippen molar-refractivity contribution in [1.82, 2.24) is 25.1 Å². The number of nitrogens with zero attached hydrogens (tertiary/aromatic N) is 5. The number of nitrogens with one attached hydrogen (secondary N) is 1. The summed E-state index contributed by atoms with van der Waals surface area (Å²) in [6.07, 6.45) is 3.64. The van der Waals surface area contributed by atoms with E-state index in [2.05, 4.69) is 43.2 Å². The van der Waals surface area contributed by atoms with Gasteiger partial charge in [-0.2, -0.15) is 0 Å². The number of hydrogen-bond donors (Lipinski definition) is 1. The molecule has 8 heteroatoms. The van der Waals surface area contributed by atoms with Crippen LogP contribution in [0.2, 0.25) is 0 Å². The van der Waals surface area contributed by atoms with Crippen LogP contribution in [0, 0.1) is 11.8 Å². The van der Waals surface area contributed by atoms with Gasteiger partial charge in [0.05, 0.1) is 32.4 Å². The zero-order chi connectivity index (χ0) is 20.1. The minimum absolute atomic E-state index is 0.0220. The summed E-state index contributed by atoms with van der Waals surface area (Å²) in [7, 11) is 0. The van der Waals surface area contributed by atoms with E-state index in [9.17, 15) is 4.79 Å². The molecule has 0 unspecified atom stereocenters. The molecule has 0 spiro atoms. The first kappa shape index (κ1) is 20.5. The molecule has 3 rings (SSSR count). The van der Waals surface area contributed by atoms with Crippen LogP contribution in [0.3, 0.4) is 0 Å². The summed E-state index contributed by atoms with van der Waals surface area (Å²) in [5.41, 5.74) is 0. The van der Waals surface area contributed by atoms with Crippen molar-refractivity contribution < 1.29 is 14.1 Å². The van der Waals surface area contributed by atoms with E-state index in [1.165, 1.54) is 4.90 Å². The summed E-state index contributed by atoms with van der Waals surface area (Å²) in [6, 6.07) is 3.74. The van der Waals surface area contributed by atoms with Gasteiger partial charge in [0.25, 0.3) is 5.91 Å². The molecule has 2 aromatic rings. The molecule has 8 nitrogen and oxygen atoms in total. The SMILES string of the molecule is CC(C)CCn1nnnc1[C@@H](CC(C)C)[NH+]1CCN(C(=O)c2ccco2)CC1. The Morgan fingerprint density at radius 3 is 2.57 bits per heavy atom. The molecule has 0 bridgehead atoms. The maximum Gasteiger partial charge on any atom is 0.289 e. The van der Waals surface area contributed by atoms with Gasteiger partial charge in [-0.05, 0) is 40.8 Å². The molecule has 3 heterocycles. The molecule has 1 saturated heterocycles. The zero-order valence-corrected chi connectivity index (χ0v) is 17.5. The standard InChI is InChI=1S/C20H32N6O2/c1-15(2)7-8-26-19(21-22-23-26)17(14-16(3)4)24-9-11-25(12-10-24)20(27)18-6-5-13-28-18/h5-6,13,15-17H,7-12,14H2,1-4H3/p+1/t17-/m1/s1. The number of carbonyl (C=O) groups excluding carboxylic acids is 1. The molecule has 1 aliphatic heterocycles. The van der Waals surface area contributed by atoms with E-state index >= 15 is 0 Å². The van der Waals surface area contributed by atoms with Crippen LogP contribution in [-0.4, -0.2) is 57.2 Å². The molecule has 0 saturated carbocycles. The third kappa shape index (κ3) is 4.98. The molecule has 0 radical (unpaired) electrons. The van der Waals surface area contributed by atoms with Crippen molar-refractivity contribution in [2.75, 3.05) is 26.2 Å². The zero-order valence-electron chi connectivity index (χ0n) is 17.5. The molecular weight excluding hydrogens is 356 g/mol. The van der Waals surface area contributed by atoms with E-state index in [0.29, 0.717) is 17.6 Å². The number of furan rings is 1. The average Bonchev–Trinajstić information content (AvgIpc) is 3.35. The Morgan fingerprint density at radius 2 is 1.96 bits per heavy atom. The van der Waals surface area contributed by atoms with Crippen molar-refractivity contribution in [3.8, 4) is 0 Å². The highest BCUT2D eigenvalue weighted by Gasteiger charge is 2.34. The number of hydrogen-bond acceptors (Lipinski definition) is 5. The quantitative estimate of drug-likeness (QED) is 0.739. The van der Waals surface area contributed by atoms with Gasteiger partial charge in [0.15, 0.2) is 5.76 Å². The molecule has 0 aliphatic carbocycles. The molecule has 1 fully saturated rings. The smallest absolute Gasteiger partial charge is 0.289 e. The number of rotatable bonds is 8. The van der Waals surface area contributed by atoms with Crippen molar-refractivity contribution in [3.05, 3.63) is 30.0 Å². The molecule has 1 N–H and O–H groups in total. The third-order valence-corrected chi connectivity index (χ3v) is 5.41. The lowest BCUT2D eigenvalue weighted by atomic mass is 10.0. The second-order valence-corrected chi connectivity index (χ2v) is 8.55. The van der Waals surface area contributed by atoms with E-state index in [1.54, 1.807) is 18.4 Å². The van der Waals surface area contributed by atoms with Crippen LogP contribution in [0.15, 0.2) is 22.8 Å². The van der Waals surface area contributed by atoms with Crippen LogP contribution in [0.1, 0.15) is 63.0 Å². The van der Waals surface area contributed by atoms with Gasteiger partial charge in [0.2, 0.25) is 5.82 Å². The topological polar surface area (TPSA) is 81.5 Å². The maximum atomic E-state index is 12.5. The first-order valence-electron chi connectivity index (χ1n) is 10.4. The van der Waals surface area contributed by atoms with Crippen molar-refractivity contribution in [2.24, 2.45) is 11.8 Å². The summed E-state index contributed by atoms with van der Waals surface area (Å²) < 4.78 is 7.25. The average molecular weight is 390 g/mol. The van der Waals surface area contributed by atoms with Crippen molar-refractivity contribution in [2.45, 2.75) is 53.1 Å². The number of carbonyl (C=O) groups is 1. The Bertz CT molecular complexity index is 732. The lowest BCUT2D eigenvalue weighted by molar-refractivity contribution is -0.937. The van der Waals surface area contributed by atoms with Crippen LogP contribution in [0.5, 0.6) is 0 Å². The van der Waals surface area contributed by atoms with E-state index in [4.69, 9.17) is 4.42 Å². The highest BCUT2D eigenvalue weighted by atomic mass is 16.3. The predicted octanol–water partition coefficient (Wildman–Crippen LogP) is 1.44. The Morgan fingerprint density at radius 1 is 1.21 bits per heavy atom.